The topological polar surface area (TPSA) is 90.0 Å². The van der Waals surface area contributed by atoms with E-state index < -0.39 is 22.0 Å². The van der Waals surface area contributed by atoms with Crippen molar-refractivity contribution >= 4 is 39.0 Å². The number of carbonyl (C=O) groups excluding carboxylic acids is 2. The van der Waals surface area contributed by atoms with Gasteiger partial charge in [0.1, 0.15) is 4.88 Å². The van der Waals surface area contributed by atoms with Crippen LogP contribution in [0.15, 0.2) is 28.5 Å². The van der Waals surface area contributed by atoms with Crippen molar-refractivity contribution < 1.29 is 27.5 Å². The number of para-hydroxylation sites is 1. The van der Waals surface area contributed by atoms with Gasteiger partial charge in [-0.3, -0.25) is 4.31 Å². The predicted molar refractivity (Wildman–Crippen MR) is 96.4 cm³/mol. The Bertz CT molecular complexity index is 993. The van der Waals surface area contributed by atoms with Crippen molar-refractivity contribution in [1.29, 1.82) is 0 Å². The molecule has 1 aromatic carbocycles. The third kappa shape index (κ3) is 2.77. The number of anilines is 1. The Labute approximate surface area is 155 Å². The summed E-state index contributed by atoms with van der Waals surface area (Å²) in [6, 6.07) is 7.19. The fourth-order valence-electron chi connectivity index (χ4n) is 2.95. The lowest BCUT2D eigenvalue weighted by atomic mass is 10.2. The summed E-state index contributed by atoms with van der Waals surface area (Å²) >= 11 is 0.726. The van der Waals surface area contributed by atoms with Crippen LogP contribution in [0.25, 0.3) is 0 Å². The predicted octanol–water partition coefficient (Wildman–Crippen LogP) is 2.38. The highest BCUT2D eigenvalue weighted by Crippen LogP contribution is 2.39. The minimum Gasteiger partial charge on any atom is -0.465 e. The molecular formula is C17H17NO6S2. The van der Waals surface area contributed by atoms with Gasteiger partial charge in [0.05, 0.1) is 25.5 Å². The Balaban J connectivity index is 2.19. The molecule has 0 aliphatic carbocycles. The number of hydrogen-bond acceptors (Lipinski definition) is 7. The number of ether oxygens (including phenoxy) is 2. The summed E-state index contributed by atoms with van der Waals surface area (Å²) in [4.78, 5) is 24.3. The summed E-state index contributed by atoms with van der Waals surface area (Å²) in [5.74, 6) is -1.50. The van der Waals surface area contributed by atoms with Crippen LogP contribution in [-0.4, -0.2) is 41.1 Å². The summed E-state index contributed by atoms with van der Waals surface area (Å²) in [5.41, 5.74) is 1.60. The normalized spacial score (nSPS) is 13.4. The van der Waals surface area contributed by atoms with Gasteiger partial charge >= 0.3 is 11.9 Å². The van der Waals surface area contributed by atoms with Gasteiger partial charge in [0.25, 0.3) is 10.0 Å². The maximum Gasteiger partial charge on any atom is 0.348 e. The molecule has 0 atom stereocenters. The number of rotatable bonds is 4. The minimum atomic E-state index is -4.04. The zero-order valence-electron chi connectivity index (χ0n) is 14.4. The smallest absolute Gasteiger partial charge is 0.348 e. The van der Waals surface area contributed by atoms with E-state index in [0.717, 1.165) is 16.9 Å². The van der Waals surface area contributed by atoms with Crippen LogP contribution in [-0.2, 0) is 25.9 Å². The number of methoxy groups -OCH3 is 2. The number of esters is 2. The zero-order valence-corrected chi connectivity index (χ0v) is 16.1. The van der Waals surface area contributed by atoms with Gasteiger partial charge in [0.15, 0.2) is 4.21 Å². The first-order valence-electron chi connectivity index (χ1n) is 7.73. The van der Waals surface area contributed by atoms with Crippen LogP contribution < -0.4 is 4.31 Å². The van der Waals surface area contributed by atoms with E-state index in [9.17, 15) is 18.0 Å². The second kappa shape index (κ2) is 6.73. The Hall–Kier alpha value is -2.39. The van der Waals surface area contributed by atoms with Gasteiger partial charge in [0, 0.05) is 6.54 Å². The van der Waals surface area contributed by atoms with Gasteiger partial charge in [-0.15, -0.1) is 11.3 Å². The molecular weight excluding hydrogens is 378 g/mol. The average molecular weight is 395 g/mol. The van der Waals surface area contributed by atoms with E-state index in [0.29, 0.717) is 12.1 Å². The summed E-state index contributed by atoms with van der Waals surface area (Å²) in [6.07, 6.45) is 0.581. The highest BCUT2D eigenvalue weighted by atomic mass is 32.2. The van der Waals surface area contributed by atoms with E-state index in [-0.39, 0.29) is 26.8 Å². The molecule has 0 spiro atoms. The Morgan fingerprint density at radius 1 is 1.12 bits per heavy atom. The molecule has 2 aromatic rings. The molecule has 2 heterocycles. The number of nitrogens with zero attached hydrogens (tertiary/aromatic N) is 1. The fraction of sp³-hybridized carbons (Fsp3) is 0.294. The van der Waals surface area contributed by atoms with Crippen molar-refractivity contribution in [2.45, 2.75) is 17.6 Å². The molecule has 0 radical (unpaired) electrons. The first-order chi connectivity index (χ1) is 12.3. The molecule has 0 saturated heterocycles. The Morgan fingerprint density at radius 3 is 2.42 bits per heavy atom. The van der Waals surface area contributed by atoms with Crippen molar-refractivity contribution in [2.24, 2.45) is 0 Å². The van der Waals surface area contributed by atoms with Crippen LogP contribution in [0.2, 0.25) is 0 Å². The molecule has 138 valence electrons. The number of fused-ring (bicyclic) bond motifs is 1. The summed E-state index contributed by atoms with van der Waals surface area (Å²) in [7, 11) is -1.67. The highest BCUT2D eigenvalue weighted by molar-refractivity contribution is 7.95. The third-order valence-electron chi connectivity index (χ3n) is 4.24. The molecule has 0 unspecified atom stereocenters. The lowest BCUT2D eigenvalue weighted by molar-refractivity contribution is 0.0596. The first kappa shape index (κ1) is 18.4. The lowest BCUT2D eigenvalue weighted by Gasteiger charge is -2.19. The van der Waals surface area contributed by atoms with Crippen molar-refractivity contribution in [1.82, 2.24) is 0 Å². The molecule has 0 fully saturated rings. The molecule has 9 heteroatoms. The first-order valence-corrected chi connectivity index (χ1v) is 9.99. The molecule has 7 nitrogen and oxygen atoms in total. The summed E-state index contributed by atoms with van der Waals surface area (Å²) < 4.78 is 37.1. The number of sulfonamides is 1. The Morgan fingerprint density at radius 2 is 1.77 bits per heavy atom. The van der Waals surface area contributed by atoms with Crippen molar-refractivity contribution in [2.75, 3.05) is 25.1 Å². The van der Waals surface area contributed by atoms with E-state index in [1.54, 1.807) is 12.1 Å². The molecule has 3 rings (SSSR count). The Kier molecular flexibility index (Phi) is 4.76. The van der Waals surface area contributed by atoms with Crippen LogP contribution in [0, 0.1) is 6.92 Å². The van der Waals surface area contributed by atoms with Crippen LogP contribution in [0.5, 0.6) is 0 Å². The van der Waals surface area contributed by atoms with E-state index in [4.69, 9.17) is 9.47 Å². The monoisotopic (exact) mass is 395 g/mol. The van der Waals surface area contributed by atoms with E-state index in [2.05, 4.69) is 0 Å². The van der Waals surface area contributed by atoms with Crippen molar-refractivity contribution in [3.05, 3.63) is 45.8 Å². The summed E-state index contributed by atoms with van der Waals surface area (Å²) in [6.45, 7) is 1.78. The van der Waals surface area contributed by atoms with Gasteiger partial charge in [0.2, 0.25) is 0 Å². The van der Waals surface area contributed by atoms with Crippen LogP contribution in [0.4, 0.5) is 5.69 Å². The largest absolute Gasteiger partial charge is 0.465 e. The van der Waals surface area contributed by atoms with Gasteiger partial charge in [-0.1, -0.05) is 18.2 Å². The minimum absolute atomic E-state index is 0.0685. The third-order valence-corrected chi connectivity index (χ3v) is 7.82. The van der Waals surface area contributed by atoms with E-state index >= 15 is 0 Å². The number of hydrogen-bond donors (Lipinski definition) is 0. The fourth-order valence-corrected chi connectivity index (χ4v) is 6.30. The molecule has 0 amide bonds. The second-order valence-electron chi connectivity index (χ2n) is 5.66. The number of carbonyl (C=O) groups is 2. The lowest BCUT2D eigenvalue weighted by Crippen LogP contribution is -2.29. The van der Waals surface area contributed by atoms with Crippen molar-refractivity contribution in [3.8, 4) is 0 Å². The van der Waals surface area contributed by atoms with Crippen LogP contribution in [0.3, 0.4) is 0 Å². The average Bonchev–Trinajstić information content (AvgIpc) is 3.22. The molecule has 1 aliphatic heterocycles. The number of thiophene rings is 1. The standard InChI is InChI=1S/C17H17NO6S2/c1-10-13(15(19)23-2)17(25-14(10)16(20)24-3)26(21,22)18-9-8-11-6-4-5-7-12(11)18/h4-7H,8-9H2,1-3H3. The molecule has 0 bridgehead atoms. The highest BCUT2D eigenvalue weighted by Gasteiger charge is 2.38. The van der Waals surface area contributed by atoms with Gasteiger partial charge < -0.3 is 9.47 Å². The molecule has 0 N–H and O–H groups in total. The second-order valence-corrected chi connectivity index (χ2v) is 8.74. The van der Waals surface area contributed by atoms with Crippen molar-refractivity contribution in [3.63, 3.8) is 0 Å². The van der Waals surface area contributed by atoms with Gasteiger partial charge in [-0.25, -0.2) is 18.0 Å². The van der Waals surface area contributed by atoms with Gasteiger partial charge in [-0.2, -0.15) is 0 Å². The SMILES string of the molecule is COC(=O)c1sc(S(=O)(=O)N2CCc3ccccc32)c(C(=O)OC)c1C. The molecule has 26 heavy (non-hydrogen) atoms. The maximum absolute atomic E-state index is 13.3. The van der Waals surface area contributed by atoms with Crippen LogP contribution >= 0.6 is 11.3 Å². The van der Waals surface area contributed by atoms with E-state index in [1.165, 1.54) is 25.4 Å². The van der Waals surface area contributed by atoms with Gasteiger partial charge in [-0.05, 0) is 30.5 Å². The molecule has 0 saturated carbocycles. The summed E-state index contributed by atoms with van der Waals surface area (Å²) in [5, 5.41) is 0. The maximum atomic E-state index is 13.3. The quantitative estimate of drug-likeness (QED) is 0.739. The molecule has 1 aliphatic rings. The zero-order chi connectivity index (χ0) is 19.1. The molecule has 1 aromatic heterocycles. The number of benzene rings is 1. The van der Waals surface area contributed by atoms with E-state index in [1.807, 2.05) is 12.1 Å². The van der Waals surface area contributed by atoms with Crippen LogP contribution in [0.1, 0.15) is 31.2 Å².